The van der Waals surface area contributed by atoms with Crippen molar-refractivity contribution in [2.75, 3.05) is 23.9 Å². The van der Waals surface area contributed by atoms with Crippen LogP contribution in [-0.4, -0.2) is 35.8 Å². The van der Waals surface area contributed by atoms with Crippen LogP contribution in [0.3, 0.4) is 0 Å². The summed E-state index contributed by atoms with van der Waals surface area (Å²) in [5.41, 5.74) is 2.96. The van der Waals surface area contributed by atoms with Crippen LogP contribution in [0.1, 0.15) is 17.5 Å². The van der Waals surface area contributed by atoms with E-state index in [0.29, 0.717) is 6.42 Å². The van der Waals surface area contributed by atoms with Gasteiger partial charge < -0.3 is 15.7 Å². The molecule has 3 N–H and O–H groups in total. The minimum absolute atomic E-state index is 0.00915. The van der Waals surface area contributed by atoms with Gasteiger partial charge in [-0.3, -0.25) is 0 Å². The zero-order valence-electron chi connectivity index (χ0n) is 11.7. The first-order valence-electron chi connectivity index (χ1n) is 6.31. The Hall–Kier alpha value is -1.20. The Kier molecular flexibility index (Phi) is 6.73. The lowest BCUT2D eigenvalue weighted by molar-refractivity contribution is 0.241. The fourth-order valence-electron chi connectivity index (χ4n) is 1.77. The molecule has 0 fully saturated rings. The monoisotopic (exact) mass is 282 g/mol. The summed E-state index contributed by atoms with van der Waals surface area (Å²) < 4.78 is 0. The molecule has 1 unspecified atom stereocenters. The molecule has 19 heavy (non-hydrogen) atoms. The third-order valence-corrected chi connectivity index (χ3v) is 3.56. The second-order valence-electron chi connectivity index (χ2n) is 4.58. The second-order valence-corrected chi connectivity index (χ2v) is 5.49. The molecule has 0 aliphatic carbocycles. The van der Waals surface area contributed by atoms with Crippen LogP contribution in [-0.2, 0) is 0 Å². The summed E-state index contributed by atoms with van der Waals surface area (Å²) in [5.74, 6) is 0.792. The molecule has 0 bridgehead atoms. The molecule has 0 heterocycles. The first-order chi connectivity index (χ1) is 9.06. The van der Waals surface area contributed by atoms with E-state index < -0.39 is 0 Å². The molecule has 0 aromatic heterocycles. The normalized spacial score (nSPS) is 12.0. The van der Waals surface area contributed by atoms with E-state index in [9.17, 15) is 4.79 Å². The van der Waals surface area contributed by atoms with Crippen LogP contribution in [0.25, 0.3) is 0 Å². The van der Waals surface area contributed by atoms with E-state index in [-0.39, 0.29) is 18.7 Å². The molecule has 1 rings (SSSR count). The molecule has 1 atom stereocenters. The fraction of sp³-hybridized carbons (Fsp3) is 0.500. The van der Waals surface area contributed by atoms with Crippen molar-refractivity contribution in [3.63, 3.8) is 0 Å². The number of carbonyl (C=O) groups excluding carboxylic acids is 1. The first-order valence-corrected chi connectivity index (χ1v) is 7.70. The summed E-state index contributed by atoms with van der Waals surface area (Å²) in [6, 6.07) is 5.72. The highest BCUT2D eigenvalue weighted by Crippen LogP contribution is 2.16. The number of carbonyl (C=O) groups is 1. The van der Waals surface area contributed by atoms with E-state index in [1.54, 1.807) is 11.8 Å². The van der Waals surface area contributed by atoms with Crippen LogP contribution in [0, 0.1) is 13.8 Å². The van der Waals surface area contributed by atoms with E-state index in [0.717, 1.165) is 22.6 Å². The zero-order valence-corrected chi connectivity index (χ0v) is 12.5. The van der Waals surface area contributed by atoms with Gasteiger partial charge in [0.15, 0.2) is 0 Å². The van der Waals surface area contributed by atoms with Crippen LogP contribution < -0.4 is 10.6 Å². The summed E-state index contributed by atoms with van der Waals surface area (Å²) in [5, 5.41) is 14.7. The number of urea groups is 1. The van der Waals surface area contributed by atoms with Crippen LogP contribution in [0.15, 0.2) is 18.2 Å². The Labute approximate surface area is 119 Å². The average molecular weight is 282 g/mol. The molecule has 0 aliphatic heterocycles. The minimum Gasteiger partial charge on any atom is -0.396 e. The fourth-order valence-corrected chi connectivity index (χ4v) is 2.42. The van der Waals surface area contributed by atoms with Crippen LogP contribution >= 0.6 is 11.8 Å². The maximum absolute atomic E-state index is 11.9. The minimum atomic E-state index is -0.221. The Morgan fingerprint density at radius 1 is 1.42 bits per heavy atom. The average Bonchev–Trinajstić information content (AvgIpc) is 2.34. The molecule has 0 spiro atoms. The van der Waals surface area contributed by atoms with Crippen molar-refractivity contribution in [1.82, 2.24) is 5.32 Å². The highest BCUT2D eigenvalue weighted by atomic mass is 32.2. The number of thioether (sulfide) groups is 1. The van der Waals surface area contributed by atoms with Gasteiger partial charge in [-0.2, -0.15) is 11.8 Å². The predicted octanol–water partition coefficient (Wildman–Crippen LogP) is 2.54. The molecule has 0 radical (unpaired) electrons. The topological polar surface area (TPSA) is 61.4 Å². The van der Waals surface area contributed by atoms with Crippen molar-refractivity contribution in [1.29, 1.82) is 0 Å². The Morgan fingerprint density at radius 3 is 2.79 bits per heavy atom. The second kappa shape index (κ2) is 8.07. The van der Waals surface area contributed by atoms with E-state index in [1.807, 2.05) is 38.3 Å². The largest absolute Gasteiger partial charge is 0.396 e. The molecule has 0 saturated carbocycles. The third-order valence-electron chi connectivity index (χ3n) is 2.82. The van der Waals surface area contributed by atoms with Gasteiger partial charge in [-0.05, 0) is 43.7 Å². The van der Waals surface area contributed by atoms with Crippen LogP contribution in [0.4, 0.5) is 10.5 Å². The Bertz CT molecular complexity index is 418. The van der Waals surface area contributed by atoms with Crippen LogP contribution in [0.2, 0.25) is 0 Å². The van der Waals surface area contributed by atoms with Gasteiger partial charge in [-0.15, -0.1) is 0 Å². The lowest BCUT2D eigenvalue weighted by Gasteiger charge is -2.18. The molecule has 1 aromatic rings. The van der Waals surface area contributed by atoms with Crippen molar-refractivity contribution >= 4 is 23.5 Å². The van der Waals surface area contributed by atoms with Gasteiger partial charge in [0.05, 0.1) is 0 Å². The van der Waals surface area contributed by atoms with Crippen molar-refractivity contribution in [2.24, 2.45) is 0 Å². The molecule has 4 nitrogen and oxygen atoms in total. The van der Waals surface area contributed by atoms with Crippen molar-refractivity contribution in [2.45, 2.75) is 26.3 Å². The van der Waals surface area contributed by atoms with Crippen molar-refractivity contribution < 1.29 is 9.90 Å². The number of hydrogen-bond acceptors (Lipinski definition) is 3. The number of aryl methyl sites for hydroxylation is 2. The lowest BCUT2D eigenvalue weighted by atomic mass is 10.1. The standard InChI is InChI=1S/C14H22N2O2S/c1-10-4-5-11(2)13(8-10)16-14(18)15-12(6-7-17)9-19-3/h4-5,8,12,17H,6-7,9H2,1-3H3,(H2,15,16,18). The number of hydrogen-bond donors (Lipinski definition) is 3. The summed E-state index contributed by atoms with van der Waals surface area (Å²) >= 11 is 1.65. The number of aliphatic hydroxyl groups is 1. The number of nitrogens with one attached hydrogen (secondary N) is 2. The highest BCUT2D eigenvalue weighted by Gasteiger charge is 2.12. The smallest absolute Gasteiger partial charge is 0.319 e. The summed E-state index contributed by atoms with van der Waals surface area (Å²) in [4.78, 5) is 11.9. The van der Waals surface area contributed by atoms with Gasteiger partial charge in [-0.25, -0.2) is 4.79 Å². The molecule has 1 aromatic carbocycles. The van der Waals surface area contributed by atoms with Gasteiger partial charge in [0, 0.05) is 24.1 Å². The Morgan fingerprint density at radius 2 is 2.16 bits per heavy atom. The van der Waals surface area contributed by atoms with Crippen LogP contribution in [0.5, 0.6) is 0 Å². The SMILES string of the molecule is CSCC(CCO)NC(=O)Nc1cc(C)ccc1C. The van der Waals surface area contributed by atoms with Gasteiger partial charge in [0.1, 0.15) is 0 Å². The van der Waals surface area contributed by atoms with E-state index in [4.69, 9.17) is 5.11 Å². The van der Waals surface area contributed by atoms with Gasteiger partial charge in [0.2, 0.25) is 0 Å². The number of rotatable bonds is 6. The van der Waals surface area contributed by atoms with Gasteiger partial charge in [0.25, 0.3) is 0 Å². The van der Waals surface area contributed by atoms with E-state index >= 15 is 0 Å². The third kappa shape index (κ3) is 5.53. The first kappa shape index (κ1) is 15.9. The van der Waals surface area contributed by atoms with E-state index in [2.05, 4.69) is 10.6 Å². The molecule has 5 heteroatoms. The maximum Gasteiger partial charge on any atom is 0.319 e. The number of aliphatic hydroxyl groups excluding tert-OH is 1. The summed E-state index contributed by atoms with van der Waals surface area (Å²) in [7, 11) is 0. The highest BCUT2D eigenvalue weighted by molar-refractivity contribution is 7.98. The molecule has 0 saturated heterocycles. The summed E-state index contributed by atoms with van der Waals surface area (Å²) in [6.45, 7) is 4.03. The molecular formula is C14H22N2O2S. The molecule has 106 valence electrons. The number of benzene rings is 1. The Balaban J connectivity index is 2.60. The van der Waals surface area contributed by atoms with Crippen molar-refractivity contribution in [3.8, 4) is 0 Å². The zero-order chi connectivity index (χ0) is 14.3. The predicted molar refractivity (Wildman–Crippen MR) is 81.9 cm³/mol. The van der Waals surface area contributed by atoms with Gasteiger partial charge in [-0.1, -0.05) is 12.1 Å². The quantitative estimate of drug-likeness (QED) is 0.751. The number of anilines is 1. The number of amides is 2. The molecule has 0 aliphatic rings. The summed E-state index contributed by atoms with van der Waals surface area (Å²) in [6.07, 6.45) is 2.55. The molecular weight excluding hydrogens is 260 g/mol. The maximum atomic E-state index is 11.9. The van der Waals surface area contributed by atoms with E-state index in [1.165, 1.54) is 0 Å². The van der Waals surface area contributed by atoms with Gasteiger partial charge >= 0.3 is 6.03 Å². The lowest BCUT2D eigenvalue weighted by Crippen LogP contribution is -2.40. The van der Waals surface area contributed by atoms with Crippen molar-refractivity contribution in [3.05, 3.63) is 29.3 Å². The molecule has 2 amide bonds.